The van der Waals surface area contributed by atoms with Gasteiger partial charge in [-0.25, -0.2) is 0 Å². The molecule has 4 N–H and O–H groups in total. The third-order valence-electron chi connectivity index (χ3n) is 12.3. The van der Waals surface area contributed by atoms with Crippen LogP contribution in [0, 0.1) is 0 Å². The van der Waals surface area contributed by atoms with E-state index in [0.29, 0.717) is 78.8 Å². The fraction of sp³-hybridized carbons (Fsp3) is 0.510. The van der Waals surface area contributed by atoms with Crippen molar-refractivity contribution >= 4 is 47.8 Å². The second kappa shape index (κ2) is 26.6. The Morgan fingerprint density at radius 1 is 0.400 bits per heavy atom. The molecule has 0 saturated heterocycles. The highest BCUT2D eigenvalue weighted by atomic mass is 16.5. The highest BCUT2D eigenvalue weighted by Crippen LogP contribution is 2.34. The lowest BCUT2D eigenvalue weighted by molar-refractivity contribution is -0.141. The molecule has 0 aliphatic heterocycles. The molecule has 70 heavy (non-hydrogen) atoms. The van der Waals surface area contributed by atoms with E-state index >= 15 is 0 Å². The van der Waals surface area contributed by atoms with E-state index in [9.17, 15) is 43.5 Å². The van der Waals surface area contributed by atoms with Crippen molar-refractivity contribution in [2.45, 2.75) is 103 Å². The van der Waals surface area contributed by atoms with Crippen LogP contribution < -0.4 is 0 Å². The Morgan fingerprint density at radius 2 is 0.686 bits per heavy atom. The number of aryl methyl sites for hydroxylation is 2. The molecule has 0 radical (unpaired) electrons. The maximum Gasteiger partial charge on any atom is 0.310 e. The maximum absolute atomic E-state index is 13.3. The zero-order valence-corrected chi connectivity index (χ0v) is 41.3. The summed E-state index contributed by atoms with van der Waals surface area (Å²) in [5.74, 6) is -4.24. The lowest BCUT2D eigenvalue weighted by Crippen LogP contribution is -2.12. The van der Waals surface area contributed by atoms with E-state index in [0.717, 1.165) is 5.56 Å². The number of aromatic nitrogens is 4. The van der Waals surface area contributed by atoms with Crippen LogP contribution in [0.25, 0.3) is 0 Å². The number of aromatic amines is 3. The van der Waals surface area contributed by atoms with E-state index in [1.807, 2.05) is 10.8 Å². The van der Waals surface area contributed by atoms with E-state index in [-0.39, 0.29) is 96.3 Å². The van der Waals surface area contributed by atoms with Crippen molar-refractivity contribution in [3.63, 3.8) is 0 Å². The molecule has 4 aromatic rings. The van der Waals surface area contributed by atoms with E-state index in [1.165, 1.54) is 56.9 Å². The predicted octanol–water partition coefficient (Wildman–Crippen LogP) is 2.56. The van der Waals surface area contributed by atoms with Crippen molar-refractivity contribution in [2.24, 2.45) is 7.05 Å². The molecular formula is C49H64N4O17. The minimum atomic E-state index is -0.596. The van der Waals surface area contributed by atoms with Gasteiger partial charge in [-0.15, -0.1) is 0 Å². The Kier molecular flexibility index (Phi) is 21.0. The Labute approximate surface area is 405 Å². The van der Waals surface area contributed by atoms with Gasteiger partial charge in [0.1, 0.15) is 0 Å². The standard InChI is InChI=1S/C49H64N4O17/c1-53-25-27(10-14-42(55)63-2)31(18-46(59)67-6)41(53)24-39-29(12-16-44(57)65-4)33(20-48(61)69-8)38(51-39)22-35-28(11-15-43(56)64-3)32(19-47(60)68-7)37(50-35)23-36-30(13-17-45(58)66-5)34(21-49(62)70-9)40(26-54)52-36/h25,50-52,54H,10-24,26H2,1-9H3. The average molecular weight is 981 g/mol. The maximum atomic E-state index is 13.3. The van der Waals surface area contributed by atoms with E-state index < -0.39 is 54.4 Å². The quantitative estimate of drug-likeness (QED) is 0.0493. The van der Waals surface area contributed by atoms with Gasteiger partial charge in [-0.2, -0.15) is 0 Å². The number of nitrogens with one attached hydrogen (secondary N) is 3. The van der Waals surface area contributed by atoms with Crippen LogP contribution in [0.15, 0.2) is 6.20 Å². The second-order valence-electron chi connectivity index (χ2n) is 16.3. The van der Waals surface area contributed by atoms with Gasteiger partial charge in [-0.1, -0.05) is 0 Å². The number of carbonyl (C=O) groups is 8. The molecule has 0 saturated carbocycles. The molecule has 4 aromatic heterocycles. The van der Waals surface area contributed by atoms with E-state index in [1.54, 1.807) is 7.05 Å². The van der Waals surface area contributed by atoms with Gasteiger partial charge >= 0.3 is 47.8 Å². The lowest BCUT2D eigenvalue weighted by atomic mass is 9.94. The molecule has 21 heteroatoms. The molecule has 0 aliphatic rings. The first kappa shape index (κ1) is 55.4. The molecular weight excluding hydrogens is 917 g/mol. The summed E-state index contributed by atoms with van der Waals surface area (Å²) in [5, 5.41) is 10.4. The number of carbonyl (C=O) groups excluding carboxylic acids is 8. The number of nitrogens with zero attached hydrogens (tertiary/aromatic N) is 1. The summed E-state index contributed by atoms with van der Waals surface area (Å²) in [6.07, 6.45) is 1.70. The van der Waals surface area contributed by atoms with Crippen molar-refractivity contribution in [1.29, 1.82) is 0 Å². The largest absolute Gasteiger partial charge is 0.469 e. The normalized spacial score (nSPS) is 10.9. The van der Waals surface area contributed by atoms with Crippen LogP contribution in [0.1, 0.15) is 110 Å². The van der Waals surface area contributed by atoms with Gasteiger partial charge in [-0.3, -0.25) is 38.4 Å². The predicted molar refractivity (Wildman–Crippen MR) is 246 cm³/mol. The first-order valence-electron chi connectivity index (χ1n) is 22.4. The van der Waals surface area contributed by atoms with Gasteiger partial charge in [-0.05, 0) is 70.2 Å². The number of methoxy groups -OCH3 is 8. The van der Waals surface area contributed by atoms with Crippen LogP contribution in [0.3, 0.4) is 0 Å². The zero-order chi connectivity index (χ0) is 51.7. The molecule has 0 fully saturated rings. The summed E-state index contributed by atoms with van der Waals surface area (Å²) in [6, 6.07) is 0. The molecule has 4 heterocycles. The van der Waals surface area contributed by atoms with Crippen LogP contribution >= 0.6 is 0 Å². The summed E-state index contributed by atoms with van der Waals surface area (Å²) < 4.78 is 42.0. The SMILES string of the molecule is COC(=O)CCc1cn(C)c(Cc2[nH]c(Cc3[nH]c(Cc4[nH]c(CO)c(CC(=O)OC)c4CCC(=O)OC)c(CC(=O)OC)c3CCC(=O)OC)c(CC(=O)OC)c2CCC(=O)OC)c1CC(=O)OC. The molecule has 0 atom stereocenters. The summed E-state index contributed by atoms with van der Waals surface area (Å²) in [4.78, 5) is 112. The number of H-pyrrole nitrogens is 3. The first-order chi connectivity index (χ1) is 33.5. The number of rotatable bonds is 27. The minimum absolute atomic E-state index is 0.0458. The summed E-state index contributed by atoms with van der Waals surface area (Å²) >= 11 is 0. The number of ether oxygens (including phenoxy) is 8. The number of aliphatic hydroxyl groups is 1. The second-order valence-corrected chi connectivity index (χ2v) is 16.3. The van der Waals surface area contributed by atoms with Crippen LogP contribution in [0.5, 0.6) is 0 Å². The number of aliphatic hydroxyl groups excluding tert-OH is 1. The number of hydrogen-bond acceptors (Lipinski definition) is 17. The molecule has 0 aromatic carbocycles. The average Bonchev–Trinajstić information content (AvgIpc) is 4.06. The molecule has 0 aliphatic carbocycles. The smallest absolute Gasteiger partial charge is 0.310 e. The Hall–Kier alpha value is -7.16. The van der Waals surface area contributed by atoms with Gasteiger partial charge in [0.2, 0.25) is 0 Å². The Morgan fingerprint density at radius 3 is 1.03 bits per heavy atom. The van der Waals surface area contributed by atoms with Crippen LogP contribution in [0.2, 0.25) is 0 Å². The summed E-state index contributed by atoms with van der Waals surface area (Å²) in [6.45, 7) is -0.481. The Balaban J connectivity index is 2.03. The van der Waals surface area contributed by atoms with Crippen LogP contribution in [0.4, 0.5) is 0 Å². The van der Waals surface area contributed by atoms with Crippen molar-refractivity contribution in [3.05, 3.63) is 90.6 Å². The van der Waals surface area contributed by atoms with E-state index in [4.69, 9.17) is 37.9 Å². The fourth-order valence-electron chi connectivity index (χ4n) is 8.69. The summed E-state index contributed by atoms with van der Waals surface area (Å²) in [7, 11) is 11.9. The van der Waals surface area contributed by atoms with Gasteiger partial charge in [0.05, 0.1) is 89.2 Å². The number of esters is 8. The van der Waals surface area contributed by atoms with Gasteiger partial charge in [0, 0.05) is 98.0 Å². The topological polar surface area (TPSA) is 283 Å². The van der Waals surface area contributed by atoms with Gasteiger partial charge in [0.25, 0.3) is 0 Å². The van der Waals surface area contributed by atoms with Crippen LogP contribution in [-0.2, 0) is 161 Å². The van der Waals surface area contributed by atoms with Crippen molar-refractivity contribution < 1.29 is 81.4 Å². The fourth-order valence-corrected chi connectivity index (χ4v) is 8.69. The van der Waals surface area contributed by atoms with Crippen LogP contribution in [-0.4, -0.2) is 129 Å². The van der Waals surface area contributed by atoms with E-state index in [2.05, 4.69) is 15.0 Å². The van der Waals surface area contributed by atoms with Crippen molar-refractivity contribution in [3.8, 4) is 0 Å². The number of hydrogen-bond donors (Lipinski definition) is 4. The van der Waals surface area contributed by atoms with Crippen molar-refractivity contribution in [2.75, 3.05) is 56.9 Å². The van der Waals surface area contributed by atoms with Gasteiger partial charge in [0.15, 0.2) is 0 Å². The summed E-state index contributed by atoms with van der Waals surface area (Å²) in [5.41, 5.74) is 8.20. The molecule has 21 nitrogen and oxygen atoms in total. The monoisotopic (exact) mass is 980 g/mol. The minimum Gasteiger partial charge on any atom is -0.469 e. The molecule has 0 amide bonds. The molecule has 0 bridgehead atoms. The third-order valence-corrected chi connectivity index (χ3v) is 12.3. The molecule has 382 valence electrons. The first-order valence-corrected chi connectivity index (χ1v) is 22.4. The van der Waals surface area contributed by atoms with Crippen molar-refractivity contribution in [1.82, 2.24) is 19.5 Å². The lowest BCUT2D eigenvalue weighted by Gasteiger charge is -2.11. The third kappa shape index (κ3) is 14.4. The molecule has 4 rings (SSSR count). The zero-order valence-electron chi connectivity index (χ0n) is 41.3. The highest BCUT2D eigenvalue weighted by molar-refractivity contribution is 5.77. The Bertz CT molecular complexity index is 2540. The van der Waals surface area contributed by atoms with Gasteiger partial charge < -0.3 is 62.5 Å². The molecule has 0 unspecified atom stereocenters. The highest BCUT2D eigenvalue weighted by Gasteiger charge is 2.29. The molecule has 0 spiro atoms.